The van der Waals surface area contributed by atoms with E-state index in [9.17, 15) is 0 Å². The Kier molecular flexibility index (Phi) is 6.23. The zero-order valence-corrected chi connectivity index (χ0v) is 29.2. The summed E-state index contributed by atoms with van der Waals surface area (Å²) in [5.41, 5.74) is 7.63. The van der Waals surface area contributed by atoms with Crippen LogP contribution in [-0.2, 0) is 5.41 Å². The number of anilines is 3. The lowest BCUT2D eigenvalue weighted by Gasteiger charge is -2.41. The van der Waals surface area contributed by atoms with Gasteiger partial charge in [-0.05, 0) is 67.7 Å². The number of fused-ring (bicyclic) bond motifs is 11. The summed E-state index contributed by atoms with van der Waals surface area (Å²) in [7, 11) is 0. The number of para-hydroxylation sites is 1. The Balaban J connectivity index is 1.20. The third-order valence-corrected chi connectivity index (χ3v) is 11.1. The molecule has 1 aliphatic rings. The van der Waals surface area contributed by atoms with Gasteiger partial charge in [-0.3, -0.25) is 4.90 Å². The van der Waals surface area contributed by atoms with Crippen LogP contribution in [0.4, 0.5) is 17.3 Å². The van der Waals surface area contributed by atoms with Crippen molar-refractivity contribution < 1.29 is 4.42 Å². The summed E-state index contributed by atoms with van der Waals surface area (Å²) in [4.78, 5) is 17.6. The third kappa shape index (κ3) is 4.40. The van der Waals surface area contributed by atoms with Crippen molar-refractivity contribution in [3.63, 3.8) is 0 Å². The van der Waals surface area contributed by atoms with Crippen molar-refractivity contribution in [2.24, 2.45) is 0 Å². The van der Waals surface area contributed by atoms with Crippen molar-refractivity contribution in [3.8, 4) is 22.8 Å². The summed E-state index contributed by atoms with van der Waals surface area (Å²) in [6, 6.07) is 55.4. The number of hydrogen-bond acceptors (Lipinski definition) is 5. The first-order valence-corrected chi connectivity index (χ1v) is 18.0. The van der Waals surface area contributed by atoms with Gasteiger partial charge in [0.15, 0.2) is 11.6 Å². The summed E-state index contributed by atoms with van der Waals surface area (Å²) in [5.74, 6) is 1.80. The second-order valence-corrected chi connectivity index (χ2v) is 14.4. The van der Waals surface area contributed by atoms with Gasteiger partial charge in [0.2, 0.25) is 5.95 Å². The highest BCUT2D eigenvalue weighted by Gasteiger charge is 2.39. The lowest BCUT2D eigenvalue weighted by molar-refractivity contribution is 0.629. The van der Waals surface area contributed by atoms with Gasteiger partial charge >= 0.3 is 0 Å². The average Bonchev–Trinajstić information content (AvgIpc) is 3.57. The van der Waals surface area contributed by atoms with E-state index in [1.54, 1.807) is 0 Å². The molecule has 0 amide bonds. The predicted molar refractivity (Wildman–Crippen MR) is 217 cm³/mol. The molecular formula is C48H32N4O. The van der Waals surface area contributed by atoms with Gasteiger partial charge < -0.3 is 4.42 Å². The molecular weight excluding hydrogens is 649 g/mol. The fourth-order valence-corrected chi connectivity index (χ4v) is 8.48. The fourth-order valence-electron chi connectivity index (χ4n) is 8.48. The van der Waals surface area contributed by atoms with E-state index in [0.717, 1.165) is 44.4 Å². The van der Waals surface area contributed by atoms with Gasteiger partial charge in [-0.1, -0.05) is 141 Å². The van der Waals surface area contributed by atoms with Crippen LogP contribution < -0.4 is 4.90 Å². The first kappa shape index (κ1) is 29.8. The molecule has 0 saturated heterocycles. The van der Waals surface area contributed by atoms with Crippen molar-refractivity contribution in [2.45, 2.75) is 19.3 Å². The normalized spacial score (nSPS) is 13.6. The number of nitrogens with zero attached hydrogens (tertiary/aromatic N) is 4. The quantitative estimate of drug-likeness (QED) is 0.174. The van der Waals surface area contributed by atoms with Gasteiger partial charge in [-0.25, -0.2) is 4.98 Å². The Hall–Kier alpha value is -6.85. The molecule has 2 aromatic heterocycles. The van der Waals surface area contributed by atoms with E-state index in [1.807, 2.05) is 60.7 Å². The van der Waals surface area contributed by atoms with Crippen molar-refractivity contribution in [1.29, 1.82) is 0 Å². The van der Waals surface area contributed by atoms with Crippen LogP contribution in [0.5, 0.6) is 0 Å². The zero-order chi connectivity index (χ0) is 35.3. The topological polar surface area (TPSA) is 55.1 Å². The van der Waals surface area contributed by atoms with E-state index < -0.39 is 0 Å². The number of benzene rings is 8. The Morgan fingerprint density at radius 1 is 0.415 bits per heavy atom. The number of rotatable bonds is 3. The van der Waals surface area contributed by atoms with E-state index in [1.165, 1.54) is 43.4 Å². The molecule has 0 fully saturated rings. The molecule has 0 radical (unpaired) electrons. The molecule has 5 nitrogen and oxygen atoms in total. The molecule has 0 atom stereocenters. The third-order valence-electron chi connectivity index (χ3n) is 11.1. The monoisotopic (exact) mass is 680 g/mol. The number of hydrogen-bond donors (Lipinski definition) is 0. The summed E-state index contributed by atoms with van der Waals surface area (Å²) in [5, 5.41) is 9.60. The van der Waals surface area contributed by atoms with Crippen LogP contribution in [0.2, 0.25) is 0 Å². The predicted octanol–water partition coefficient (Wildman–Crippen LogP) is 12.7. The van der Waals surface area contributed by atoms with E-state index in [-0.39, 0.29) is 5.41 Å². The zero-order valence-electron chi connectivity index (χ0n) is 29.2. The molecule has 0 spiro atoms. The highest BCUT2D eigenvalue weighted by molar-refractivity contribution is 6.28. The Morgan fingerprint density at radius 3 is 1.53 bits per heavy atom. The molecule has 3 heterocycles. The second kappa shape index (κ2) is 11.1. The van der Waals surface area contributed by atoms with E-state index >= 15 is 0 Å². The van der Waals surface area contributed by atoms with Crippen LogP contribution >= 0.6 is 0 Å². The van der Waals surface area contributed by atoms with Crippen LogP contribution in [-0.4, -0.2) is 15.0 Å². The van der Waals surface area contributed by atoms with Crippen LogP contribution in [0.25, 0.3) is 77.0 Å². The van der Waals surface area contributed by atoms with Crippen LogP contribution in [0.3, 0.4) is 0 Å². The lowest BCUT2D eigenvalue weighted by Crippen LogP contribution is -2.31. The standard InChI is InChI=1S/C48H32N4O/c1-48(2)39-23-13-14-24-41(39)52(47-50-45(29-15-5-3-6-16-29)49-46(51-47)30-17-7-4-8-18-30)42-28-44-38(26-40(42)48)37-25-35-33-21-11-9-19-31(33)32-20-10-12-22-34(32)36(35)27-43(37)53-44/h3-28H,1-2H3. The number of aromatic nitrogens is 3. The molecule has 0 bridgehead atoms. The Labute approximate surface area is 305 Å². The van der Waals surface area contributed by atoms with Gasteiger partial charge in [0.05, 0.1) is 11.4 Å². The molecule has 10 aromatic rings. The van der Waals surface area contributed by atoms with Crippen molar-refractivity contribution in [2.75, 3.05) is 4.90 Å². The summed E-state index contributed by atoms with van der Waals surface area (Å²) >= 11 is 0. The van der Waals surface area contributed by atoms with Gasteiger partial charge in [-0.2, -0.15) is 9.97 Å². The maximum Gasteiger partial charge on any atom is 0.238 e. The lowest BCUT2D eigenvalue weighted by atomic mass is 9.73. The molecule has 8 aromatic carbocycles. The summed E-state index contributed by atoms with van der Waals surface area (Å²) in [6.45, 7) is 4.62. The maximum absolute atomic E-state index is 6.83. The van der Waals surface area contributed by atoms with Crippen molar-refractivity contribution >= 4 is 71.6 Å². The van der Waals surface area contributed by atoms with Crippen molar-refractivity contribution in [3.05, 3.63) is 169 Å². The van der Waals surface area contributed by atoms with E-state index in [4.69, 9.17) is 19.4 Å². The SMILES string of the molecule is CC1(C)c2ccccc2N(c2nc(-c3ccccc3)nc(-c3ccccc3)n2)c2cc3oc4cc5c6ccccc6c6ccccc6c5cc4c3cc21. The van der Waals surface area contributed by atoms with Gasteiger partial charge in [0.1, 0.15) is 11.2 Å². The summed E-state index contributed by atoms with van der Waals surface area (Å²) < 4.78 is 6.83. The highest BCUT2D eigenvalue weighted by Crippen LogP contribution is 2.53. The Bertz CT molecular complexity index is 3040. The van der Waals surface area contributed by atoms with Gasteiger partial charge in [-0.15, -0.1) is 0 Å². The van der Waals surface area contributed by atoms with Crippen LogP contribution in [0.1, 0.15) is 25.0 Å². The molecule has 250 valence electrons. The van der Waals surface area contributed by atoms with Crippen LogP contribution in [0, 0.1) is 0 Å². The summed E-state index contributed by atoms with van der Waals surface area (Å²) in [6.07, 6.45) is 0. The minimum absolute atomic E-state index is 0.322. The second-order valence-electron chi connectivity index (χ2n) is 14.4. The molecule has 53 heavy (non-hydrogen) atoms. The van der Waals surface area contributed by atoms with Crippen LogP contribution in [0.15, 0.2) is 162 Å². The molecule has 0 unspecified atom stereocenters. The fraction of sp³-hybridized carbons (Fsp3) is 0.0625. The molecule has 1 aliphatic heterocycles. The molecule has 5 heteroatoms. The smallest absolute Gasteiger partial charge is 0.238 e. The number of furan rings is 1. The van der Waals surface area contributed by atoms with Crippen molar-refractivity contribution in [1.82, 2.24) is 15.0 Å². The maximum atomic E-state index is 6.83. The van der Waals surface area contributed by atoms with E-state index in [0.29, 0.717) is 17.6 Å². The largest absolute Gasteiger partial charge is 0.456 e. The molecule has 11 rings (SSSR count). The highest BCUT2D eigenvalue weighted by atomic mass is 16.3. The first-order valence-electron chi connectivity index (χ1n) is 18.0. The van der Waals surface area contributed by atoms with Gasteiger partial charge in [0, 0.05) is 33.4 Å². The molecule has 0 N–H and O–H groups in total. The molecule has 0 saturated carbocycles. The first-order chi connectivity index (χ1) is 26.0. The average molecular weight is 681 g/mol. The minimum Gasteiger partial charge on any atom is -0.456 e. The Morgan fingerprint density at radius 2 is 0.906 bits per heavy atom. The minimum atomic E-state index is -0.322. The van der Waals surface area contributed by atoms with E-state index in [2.05, 4.69) is 116 Å². The molecule has 0 aliphatic carbocycles. The van der Waals surface area contributed by atoms with Gasteiger partial charge in [0.25, 0.3) is 0 Å².